The molecule has 1 saturated carbocycles. The Balaban J connectivity index is 2.01. The molecule has 2 rings (SSSR count). The quantitative estimate of drug-likeness (QED) is 0.783. The van der Waals surface area contributed by atoms with Gasteiger partial charge in [0.1, 0.15) is 0 Å². The molecule has 1 amide bonds. The summed E-state index contributed by atoms with van der Waals surface area (Å²) in [5.41, 5.74) is 7.34. The predicted molar refractivity (Wildman–Crippen MR) is 64.3 cm³/mol. The second kappa shape index (κ2) is 5.12. The molecule has 3 nitrogen and oxygen atoms in total. The number of nitrogens with one attached hydrogen (secondary N) is 1. The summed E-state index contributed by atoms with van der Waals surface area (Å²) in [5.74, 6) is 0.751. The SMILES string of the molecule is NCCc1ccccc1C(=O)NCC1CC1. The standard InChI is InChI=1S/C13H18N2O/c14-8-7-11-3-1-2-4-12(11)13(16)15-9-10-5-6-10/h1-4,10H,5-9,14H2,(H,15,16). The molecular formula is C13H18N2O. The van der Waals surface area contributed by atoms with Gasteiger partial charge in [0.2, 0.25) is 0 Å². The van der Waals surface area contributed by atoms with Crippen LogP contribution in [-0.2, 0) is 6.42 Å². The molecule has 1 aliphatic rings. The highest BCUT2D eigenvalue weighted by Gasteiger charge is 2.22. The van der Waals surface area contributed by atoms with Crippen molar-refractivity contribution >= 4 is 5.91 Å². The maximum atomic E-state index is 11.9. The van der Waals surface area contributed by atoms with Crippen molar-refractivity contribution in [2.24, 2.45) is 11.7 Å². The molecular weight excluding hydrogens is 200 g/mol. The lowest BCUT2D eigenvalue weighted by Gasteiger charge is -2.08. The Morgan fingerprint density at radius 2 is 2.12 bits per heavy atom. The number of hydrogen-bond acceptors (Lipinski definition) is 2. The van der Waals surface area contributed by atoms with Crippen molar-refractivity contribution in [3.8, 4) is 0 Å². The van der Waals surface area contributed by atoms with Crippen molar-refractivity contribution in [1.29, 1.82) is 0 Å². The summed E-state index contributed by atoms with van der Waals surface area (Å²) in [7, 11) is 0. The van der Waals surface area contributed by atoms with Crippen LogP contribution >= 0.6 is 0 Å². The number of nitrogens with two attached hydrogens (primary N) is 1. The Bertz CT molecular complexity index is 372. The highest BCUT2D eigenvalue weighted by atomic mass is 16.1. The van der Waals surface area contributed by atoms with Crippen LogP contribution in [0.15, 0.2) is 24.3 Å². The van der Waals surface area contributed by atoms with Crippen LogP contribution in [0.3, 0.4) is 0 Å². The molecule has 0 atom stereocenters. The second-order valence-corrected chi connectivity index (χ2v) is 4.35. The van der Waals surface area contributed by atoms with Gasteiger partial charge in [0.15, 0.2) is 0 Å². The number of carbonyl (C=O) groups is 1. The lowest BCUT2D eigenvalue weighted by Crippen LogP contribution is -2.26. The summed E-state index contributed by atoms with van der Waals surface area (Å²) in [5, 5.41) is 2.98. The zero-order valence-corrected chi connectivity index (χ0v) is 9.41. The molecule has 86 valence electrons. The maximum absolute atomic E-state index is 11.9. The average Bonchev–Trinajstić information content (AvgIpc) is 3.11. The van der Waals surface area contributed by atoms with Crippen LogP contribution in [0.4, 0.5) is 0 Å². The Hall–Kier alpha value is -1.35. The topological polar surface area (TPSA) is 55.1 Å². The summed E-state index contributed by atoms with van der Waals surface area (Å²) in [6.45, 7) is 1.39. The molecule has 0 spiro atoms. The first-order valence-corrected chi connectivity index (χ1v) is 5.87. The average molecular weight is 218 g/mol. The Kier molecular flexibility index (Phi) is 3.57. The fourth-order valence-corrected chi connectivity index (χ4v) is 1.77. The van der Waals surface area contributed by atoms with Crippen LogP contribution in [0.2, 0.25) is 0 Å². The first-order chi connectivity index (χ1) is 7.81. The minimum Gasteiger partial charge on any atom is -0.352 e. The predicted octanol–water partition coefficient (Wildman–Crippen LogP) is 1.33. The third kappa shape index (κ3) is 2.83. The van der Waals surface area contributed by atoms with E-state index >= 15 is 0 Å². The van der Waals surface area contributed by atoms with Crippen molar-refractivity contribution in [1.82, 2.24) is 5.32 Å². The molecule has 3 N–H and O–H groups in total. The fourth-order valence-electron chi connectivity index (χ4n) is 1.77. The molecule has 0 saturated heterocycles. The highest BCUT2D eigenvalue weighted by molar-refractivity contribution is 5.95. The molecule has 1 aliphatic carbocycles. The number of hydrogen-bond donors (Lipinski definition) is 2. The minimum absolute atomic E-state index is 0.0379. The largest absolute Gasteiger partial charge is 0.352 e. The lowest BCUT2D eigenvalue weighted by molar-refractivity contribution is 0.0951. The first kappa shape index (κ1) is 11.1. The van der Waals surface area contributed by atoms with Gasteiger partial charge in [-0.3, -0.25) is 4.79 Å². The smallest absolute Gasteiger partial charge is 0.251 e. The van der Waals surface area contributed by atoms with E-state index in [2.05, 4.69) is 5.32 Å². The van der Waals surface area contributed by atoms with Gasteiger partial charge in [-0.15, -0.1) is 0 Å². The molecule has 0 unspecified atom stereocenters. The number of carbonyl (C=O) groups excluding carboxylic acids is 1. The fraction of sp³-hybridized carbons (Fsp3) is 0.462. The molecule has 16 heavy (non-hydrogen) atoms. The lowest BCUT2D eigenvalue weighted by atomic mass is 10.0. The molecule has 1 aromatic rings. The van der Waals surface area contributed by atoms with Gasteiger partial charge >= 0.3 is 0 Å². The van der Waals surface area contributed by atoms with Crippen LogP contribution in [-0.4, -0.2) is 19.0 Å². The molecule has 1 fully saturated rings. The molecule has 1 aromatic carbocycles. The van der Waals surface area contributed by atoms with Gasteiger partial charge in [-0.2, -0.15) is 0 Å². The zero-order chi connectivity index (χ0) is 11.4. The molecule has 0 radical (unpaired) electrons. The number of amides is 1. The molecule has 0 aromatic heterocycles. The van der Waals surface area contributed by atoms with Gasteiger partial charge in [-0.05, 0) is 43.4 Å². The van der Waals surface area contributed by atoms with Crippen LogP contribution < -0.4 is 11.1 Å². The third-order valence-corrected chi connectivity index (χ3v) is 2.92. The minimum atomic E-state index is 0.0379. The van der Waals surface area contributed by atoms with Gasteiger partial charge in [0.05, 0.1) is 0 Å². The van der Waals surface area contributed by atoms with E-state index in [9.17, 15) is 4.79 Å². The van der Waals surface area contributed by atoms with Crippen molar-refractivity contribution in [2.45, 2.75) is 19.3 Å². The molecule has 0 heterocycles. The van der Waals surface area contributed by atoms with Gasteiger partial charge in [-0.1, -0.05) is 18.2 Å². The number of benzene rings is 1. The summed E-state index contributed by atoms with van der Waals surface area (Å²) in [6, 6.07) is 7.68. The third-order valence-electron chi connectivity index (χ3n) is 2.92. The number of rotatable bonds is 5. The van der Waals surface area contributed by atoms with E-state index in [1.54, 1.807) is 0 Å². The van der Waals surface area contributed by atoms with Crippen molar-refractivity contribution < 1.29 is 4.79 Å². The molecule has 3 heteroatoms. The van der Waals surface area contributed by atoms with Crippen molar-refractivity contribution in [3.05, 3.63) is 35.4 Å². The van der Waals surface area contributed by atoms with E-state index in [4.69, 9.17) is 5.73 Å². The monoisotopic (exact) mass is 218 g/mol. The van der Waals surface area contributed by atoms with E-state index in [0.29, 0.717) is 12.5 Å². The van der Waals surface area contributed by atoms with Crippen molar-refractivity contribution in [2.75, 3.05) is 13.1 Å². The van der Waals surface area contributed by atoms with Crippen LogP contribution in [0.5, 0.6) is 0 Å². The van der Waals surface area contributed by atoms with E-state index in [1.165, 1.54) is 12.8 Å². The highest BCUT2D eigenvalue weighted by Crippen LogP contribution is 2.27. The summed E-state index contributed by atoms with van der Waals surface area (Å²) < 4.78 is 0. The van der Waals surface area contributed by atoms with Crippen LogP contribution in [0.25, 0.3) is 0 Å². The van der Waals surface area contributed by atoms with Crippen molar-refractivity contribution in [3.63, 3.8) is 0 Å². The van der Waals surface area contributed by atoms with Gasteiger partial charge < -0.3 is 11.1 Å². The normalized spacial score (nSPS) is 14.8. The summed E-state index contributed by atoms with van der Waals surface area (Å²) in [6.07, 6.45) is 3.27. The maximum Gasteiger partial charge on any atom is 0.251 e. The van der Waals surface area contributed by atoms with Crippen LogP contribution in [0.1, 0.15) is 28.8 Å². The molecule has 0 aliphatic heterocycles. The van der Waals surface area contributed by atoms with Crippen LogP contribution in [0, 0.1) is 5.92 Å². The van der Waals surface area contributed by atoms with Gasteiger partial charge in [-0.25, -0.2) is 0 Å². The van der Waals surface area contributed by atoms with E-state index in [0.717, 1.165) is 24.1 Å². The van der Waals surface area contributed by atoms with E-state index in [1.807, 2.05) is 24.3 Å². The Labute approximate surface area is 96.0 Å². The first-order valence-electron chi connectivity index (χ1n) is 5.87. The summed E-state index contributed by atoms with van der Waals surface area (Å²) in [4.78, 5) is 11.9. The summed E-state index contributed by atoms with van der Waals surface area (Å²) >= 11 is 0. The van der Waals surface area contributed by atoms with E-state index < -0.39 is 0 Å². The van der Waals surface area contributed by atoms with E-state index in [-0.39, 0.29) is 5.91 Å². The zero-order valence-electron chi connectivity index (χ0n) is 9.41. The second-order valence-electron chi connectivity index (χ2n) is 4.35. The Morgan fingerprint density at radius 3 is 2.81 bits per heavy atom. The molecule has 0 bridgehead atoms. The van der Waals surface area contributed by atoms with Gasteiger partial charge in [0.25, 0.3) is 5.91 Å². The Morgan fingerprint density at radius 1 is 1.38 bits per heavy atom. The van der Waals surface area contributed by atoms with Gasteiger partial charge in [0, 0.05) is 12.1 Å².